The Bertz CT molecular complexity index is 624. The lowest BCUT2D eigenvalue weighted by Gasteiger charge is -2.09. The summed E-state index contributed by atoms with van der Waals surface area (Å²) in [5.41, 5.74) is 8.91. The van der Waals surface area contributed by atoms with Gasteiger partial charge in [-0.05, 0) is 30.7 Å². The van der Waals surface area contributed by atoms with Crippen molar-refractivity contribution in [2.75, 3.05) is 12.8 Å². The van der Waals surface area contributed by atoms with Crippen molar-refractivity contribution < 1.29 is 9.53 Å². The Morgan fingerprint density at radius 3 is 2.75 bits per heavy atom. The minimum atomic E-state index is -0.206. The standard InChI is InChI=1S/C16H18N2O2/c1-11-4-3-5-12(8-11)10-18-16(19)14-9-13(20-2)6-7-15(14)17/h3-9H,10,17H2,1-2H3,(H,18,19). The molecule has 0 aliphatic carbocycles. The molecule has 0 unspecified atom stereocenters. The summed E-state index contributed by atoms with van der Waals surface area (Å²) in [4.78, 5) is 12.1. The average molecular weight is 270 g/mol. The first kappa shape index (κ1) is 13.9. The zero-order valence-electron chi connectivity index (χ0n) is 11.6. The van der Waals surface area contributed by atoms with Crippen LogP contribution in [0.1, 0.15) is 21.5 Å². The fourth-order valence-electron chi connectivity index (χ4n) is 1.96. The quantitative estimate of drug-likeness (QED) is 0.839. The highest BCUT2D eigenvalue weighted by atomic mass is 16.5. The van der Waals surface area contributed by atoms with Crippen molar-refractivity contribution in [1.82, 2.24) is 5.32 Å². The number of nitrogens with two attached hydrogens (primary N) is 1. The highest BCUT2D eigenvalue weighted by molar-refractivity contribution is 5.99. The van der Waals surface area contributed by atoms with Crippen LogP contribution in [0.4, 0.5) is 5.69 Å². The van der Waals surface area contributed by atoms with E-state index in [-0.39, 0.29) is 5.91 Å². The number of aryl methyl sites for hydroxylation is 1. The Balaban J connectivity index is 2.08. The predicted octanol–water partition coefficient (Wildman–Crippen LogP) is 2.52. The molecular formula is C16H18N2O2. The summed E-state index contributed by atoms with van der Waals surface area (Å²) in [6.45, 7) is 2.49. The monoisotopic (exact) mass is 270 g/mol. The number of anilines is 1. The molecule has 0 spiro atoms. The van der Waals surface area contributed by atoms with Gasteiger partial charge in [-0.15, -0.1) is 0 Å². The normalized spacial score (nSPS) is 10.1. The van der Waals surface area contributed by atoms with Crippen LogP contribution in [0.15, 0.2) is 42.5 Å². The molecule has 0 aliphatic rings. The van der Waals surface area contributed by atoms with Crippen LogP contribution in [-0.2, 0) is 6.54 Å². The zero-order valence-corrected chi connectivity index (χ0v) is 11.6. The molecule has 0 saturated heterocycles. The van der Waals surface area contributed by atoms with Gasteiger partial charge in [-0.1, -0.05) is 29.8 Å². The second-order valence-corrected chi connectivity index (χ2v) is 4.62. The molecule has 2 rings (SSSR count). The first-order chi connectivity index (χ1) is 9.60. The van der Waals surface area contributed by atoms with E-state index in [9.17, 15) is 4.79 Å². The second-order valence-electron chi connectivity index (χ2n) is 4.62. The van der Waals surface area contributed by atoms with Crippen LogP contribution in [0.5, 0.6) is 5.75 Å². The fraction of sp³-hybridized carbons (Fsp3) is 0.188. The number of ether oxygens (including phenoxy) is 1. The number of amides is 1. The molecule has 0 aliphatic heterocycles. The van der Waals surface area contributed by atoms with Crippen LogP contribution in [0, 0.1) is 6.92 Å². The van der Waals surface area contributed by atoms with E-state index in [1.807, 2.05) is 31.2 Å². The van der Waals surface area contributed by atoms with Gasteiger partial charge in [0.05, 0.1) is 12.7 Å². The first-order valence-corrected chi connectivity index (χ1v) is 6.37. The van der Waals surface area contributed by atoms with Crippen LogP contribution in [-0.4, -0.2) is 13.0 Å². The molecule has 4 heteroatoms. The number of methoxy groups -OCH3 is 1. The van der Waals surface area contributed by atoms with Crippen molar-refractivity contribution >= 4 is 11.6 Å². The minimum absolute atomic E-state index is 0.206. The number of hydrogen-bond acceptors (Lipinski definition) is 3. The van der Waals surface area contributed by atoms with E-state index in [1.54, 1.807) is 25.3 Å². The lowest BCUT2D eigenvalue weighted by atomic mass is 10.1. The fourth-order valence-corrected chi connectivity index (χ4v) is 1.96. The second kappa shape index (κ2) is 6.10. The first-order valence-electron chi connectivity index (χ1n) is 6.37. The molecule has 4 nitrogen and oxygen atoms in total. The molecule has 0 bridgehead atoms. The molecule has 0 aromatic heterocycles. The van der Waals surface area contributed by atoms with Crippen molar-refractivity contribution in [3.8, 4) is 5.75 Å². The van der Waals surface area contributed by atoms with Crippen molar-refractivity contribution in [2.24, 2.45) is 0 Å². The Kier molecular flexibility index (Phi) is 4.25. The molecule has 3 N–H and O–H groups in total. The van der Waals surface area contributed by atoms with Gasteiger partial charge in [0.15, 0.2) is 0 Å². The van der Waals surface area contributed by atoms with Gasteiger partial charge in [0.2, 0.25) is 0 Å². The molecular weight excluding hydrogens is 252 g/mol. The van der Waals surface area contributed by atoms with Gasteiger partial charge >= 0.3 is 0 Å². The molecule has 2 aromatic carbocycles. The van der Waals surface area contributed by atoms with Gasteiger partial charge in [0.1, 0.15) is 5.75 Å². The number of nitrogen functional groups attached to an aromatic ring is 1. The van der Waals surface area contributed by atoms with Crippen LogP contribution < -0.4 is 15.8 Å². The van der Waals surface area contributed by atoms with Crippen molar-refractivity contribution in [1.29, 1.82) is 0 Å². The smallest absolute Gasteiger partial charge is 0.253 e. The van der Waals surface area contributed by atoms with E-state index in [4.69, 9.17) is 10.5 Å². The van der Waals surface area contributed by atoms with Gasteiger partial charge < -0.3 is 15.8 Å². The van der Waals surface area contributed by atoms with Gasteiger partial charge in [-0.25, -0.2) is 0 Å². The minimum Gasteiger partial charge on any atom is -0.497 e. The van der Waals surface area contributed by atoms with Crippen LogP contribution in [0.3, 0.4) is 0 Å². The topological polar surface area (TPSA) is 64.3 Å². The molecule has 104 valence electrons. The molecule has 0 radical (unpaired) electrons. The summed E-state index contributed by atoms with van der Waals surface area (Å²) in [6, 6.07) is 13.0. The maximum atomic E-state index is 12.1. The third kappa shape index (κ3) is 3.29. The number of benzene rings is 2. The average Bonchev–Trinajstić information content (AvgIpc) is 2.45. The van der Waals surface area contributed by atoms with E-state index in [0.29, 0.717) is 23.5 Å². The SMILES string of the molecule is COc1ccc(N)c(C(=O)NCc2cccc(C)c2)c1. The number of carbonyl (C=O) groups excluding carboxylic acids is 1. The highest BCUT2D eigenvalue weighted by Gasteiger charge is 2.10. The van der Waals surface area contributed by atoms with Crippen molar-refractivity contribution in [2.45, 2.75) is 13.5 Å². The zero-order chi connectivity index (χ0) is 14.5. The van der Waals surface area contributed by atoms with Crippen LogP contribution in [0.2, 0.25) is 0 Å². The van der Waals surface area contributed by atoms with Gasteiger partial charge in [-0.2, -0.15) is 0 Å². The lowest BCUT2D eigenvalue weighted by molar-refractivity contribution is 0.0951. The number of hydrogen-bond donors (Lipinski definition) is 2. The molecule has 0 atom stereocenters. The predicted molar refractivity (Wildman–Crippen MR) is 79.8 cm³/mol. The van der Waals surface area contributed by atoms with Gasteiger partial charge in [-0.3, -0.25) is 4.79 Å². The van der Waals surface area contributed by atoms with Crippen molar-refractivity contribution in [3.05, 3.63) is 59.2 Å². The number of nitrogens with one attached hydrogen (secondary N) is 1. The molecule has 0 fully saturated rings. The molecule has 2 aromatic rings. The van der Waals surface area contributed by atoms with Gasteiger partial charge in [0.25, 0.3) is 5.91 Å². The molecule has 1 amide bonds. The molecule has 0 heterocycles. The largest absolute Gasteiger partial charge is 0.497 e. The summed E-state index contributed by atoms with van der Waals surface area (Å²) in [7, 11) is 1.56. The Morgan fingerprint density at radius 1 is 1.25 bits per heavy atom. The third-order valence-corrected chi connectivity index (χ3v) is 3.04. The van der Waals surface area contributed by atoms with Gasteiger partial charge in [0, 0.05) is 12.2 Å². The molecule has 20 heavy (non-hydrogen) atoms. The van der Waals surface area contributed by atoms with E-state index in [1.165, 1.54) is 0 Å². The Morgan fingerprint density at radius 2 is 2.05 bits per heavy atom. The van der Waals surface area contributed by atoms with Crippen LogP contribution >= 0.6 is 0 Å². The summed E-state index contributed by atoms with van der Waals surface area (Å²) in [6.07, 6.45) is 0. The summed E-state index contributed by atoms with van der Waals surface area (Å²) in [5.74, 6) is 0.405. The number of carbonyl (C=O) groups is 1. The summed E-state index contributed by atoms with van der Waals surface area (Å²) in [5, 5.41) is 2.86. The summed E-state index contributed by atoms with van der Waals surface area (Å²) >= 11 is 0. The Hall–Kier alpha value is -2.49. The molecule has 0 saturated carbocycles. The van der Waals surface area contributed by atoms with Crippen LogP contribution in [0.25, 0.3) is 0 Å². The number of rotatable bonds is 4. The van der Waals surface area contributed by atoms with E-state index < -0.39 is 0 Å². The maximum Gasteiger partial charge on any atom is 0.253 e. The van der Waals surface area contributed by atoms with E-state index in [2.05, 4.69) is 5.32 Å². The highest BCUT2D eigenvalue weighted by Crippen LogP contribution is 2.19. The van der Waals surface area contributed by atoms with E-state index >= 15 is 0 Å². The van der Waals surface area contributed by atoms with E-state index in [0.717, 1.165) is 11.1 Å². The lowest BCUT2D eigenvalue weighted by Crippen LogP contribution is -2.23. The Labute approximate surface area is 118 Å². The third-order valence-electron chi connectivity index (χ3n) is 3.04. The maximum absolute atomic E-state index is 12.1. The summed E-state index contributed by atoms with van der Waals surface area (Å²) < 4.78 is 5.10. The van der Waals surface area contributed by atoms with Crippen molar-refractivity contribution in [3.63, 3.8) is 0 Å².